The molecule has 6 nitrogen and oxygen atoms in total. The standard InChI is InChI=1S/C18H25NO5/c1-3-24-14-9-8-13(12-15(14)23-2)16(20)19-18(17(21)22)10-6-4-5-7-11-18/h8-9,12H,3-7,10-11H2,1-2H3,(H,19,20)(H,21,22). The lowest BCUT2D eigenvalue weighted by atomic mass is 9.90. The SMILES string of the molecule is CCOc1ccc(C(=O)NC2(C(=O)O)CCCCCC2)cc1OC. The summed E-state index contributed by atoms with van der Waals surface area (Å²) in [6.07, 6.45) is 4.53. The van der Waals surface area contributed by atoms with Crippen LogP contribution in [0.15, 0.2) is 18.2 Å². The van der Waals surface area contributed by atoms with Crippen LogP contribution in [0.4, 0.5) is 0 Å². The van der Waals surface area contributed by atoms with Crippen molar-refractivity contribution in [2.45, 2.75) is 51.0 Å². The molecule has 1 aliphatic carbocycles. The van der Waals surface area contributed by atoms with Crippen molar-refractivity contribution in [3.63, 3.8) is 0 Å². The number of aliphatic carboxylic acids is 1. The monoisotopic (exact) mass is 335 g/mol. The number of benzene rings is 1. The summed E-state index contributed by atoms with van der Waals surface area (Å²) in [4.78, 5) is 24.4. The molecule has 0 saturated heterocycles. The number of ether oxygens (including phenoxy) is 2. The lowest BCUT2D eigenvalue weighted by molar-refractivity contribution is -0.145. The predicted molar refractivity (Wildman–Crippen MR) is 89.7 cm³/mol. The summed E-state index contributed by atoms with van der Waals surface area (Å²) < 4.78 is 10.7. The second-order valence-corrected chi connectivity index (χ2v) is 6.05. The van der Waals surface area contributed by atoms with Crippen LogP contribution in [0.5, 0.6) is 11.5 Å². The maximum absolute atomic E-state index is 12.6. The molecule has 1 fully saturated rings. The van der Waals surface area contributed by atoms with Crippen LogP contribution in [0.1, 0.15) is 55.8 Å². The topological polar surface area (TPSA) is 84.9 Å². The highest BCUT2D eigenvalue weighted by atomic mass is 16.5. The van der Waals surface area contributed by atoms with Gasteiger partial charge in [0.2, 0.25) is 0 Å². The number of amides is 1. The average molecular weight is 335 g/mol. The lowest BCUT2D eigenvalue weighted by Gasteiger charge is -2.29. The molecule has 1 amide bonds. The summed E-state index contributed by atoms with van der Waals surface area (Å²) in [5.41, 5.74) is -0.820. The molecule has 0 spiro atoms. The maximum atomic E-state index is 12.6. The first kappa shape index (κ1) is 18.1. The Morgan fingerprint density at radius 1 is 1.17 bits per heavy atom. The molecule has 0 bridgehead atoms. The van der Waals surface area contributed by atoms with Crippen molar-refractivity contribution in [2.24, 2.45) is 0 Å². The van der Waals surface area contributed by atoms with Crippen molar-refractivity contribution in [2.75, 3.05) is 13.7 Å². The zero-order valence-corrected chi connectivity index (χ0v) is 14.3. The Balaban J connectivity index is 2.22. The number of hydrogen-bond donors (Lipinski definition) is 2. The summed E-state index contributed by atoms with van der Waals surface area (Å²) in [7, 11) is 1.50. The number of nitrogens with one attached hydrogen (secondary N) is 1. The molecule has 1 aromatic rings. The molecule has 0 atom stereocenters. The van der Waals surface area contributed by atoms with Crippen molar-refractivity contribution in [3.8, 4) is 11.5 Å². The molecular formula is C18H25NO5. The lowest BCUT2D eigenvalue weighted by Crippen LogP contribution is -2.54. The molecule has 132 valence electrons. The summed E-state index contributed by atoms with van der Waals surface area (Å²) in [5, 5.41) is 12.4. The Morgan fingerprint density at radius 2 is 1.83 bits per heavy atom. The minimum Gasteiger partial charge on any atom is -0.493 e. The molecule has 6 heteroatoms. The van der Waals surface area contributed by atoms with Gasteiger partial charge in [-0.15, -0.1) is 0 Å². The first-order valence-corrected chi connectivity index (χ1v) is 8.39. The first-order valence-electron chi connectivity index (χ1n) is 8.39. The average Bonchev–Trinajstić information content (AvgIpc) is 2.82. The molecule has 0 unspecified atom stereocenters. The minimum absolute atomic E-state index is 0.361. The van der Waals surface area contributed by atoms with Gasteiger partial charge in [0.25, 0.3) is 5.91 Å². The molecule has 0 heterocycles. The van der Waals surface area contributed by atoms with Crippen molar-refractivity contribution >= 4 is 11.9 Å². The number of methoxy groups -OCH3 is 1. The van der Waals surface area contributed by atoms with E-state index in [0.717, 1.165) is 25.7 Å². The van der Waals surface area contributed by atoms with E-state index in [1.807, 2.05) is 6.92 Å². The fourth-order valence-corrected chi connectivity index (χ4v) is 3.10. The molecule has 2 rings (SSSR count). The van der Waals surface area contributed by atoms with Crippen molar-refractivity contribution in [3.05, 3.63) is 23.8 Å². The molecule has 0 aromatic heterocycles. The van der Waals surface area contributed by atoms with E-state index < -0.39 is 17.4 Å². The van der Waals surface area contributed by atoms with Crippen LogP contribution in [0, 0.1) is 0 Å². The number of hydrogen-bond acceptors (Lipinski definition) is 4. The van der Waals surface area contributed by atoms with E-state index in [0.29, 0.717) is 36.5 Å². The largest absolute Gasteiger partial charge is 0.493 e. The van der Waals surface area contributed by atoms with Crippen molar-refractivity contribution in [1.29, 1.82) is 0 Å². The van der Waals surface area contributed by atoms with Crippen LogP contribution in [0.25, 0.3) is 0 Å². The van der Waals surface area contributed by atoms with Crippen LogP contribution >= 0.6 is 0 Å². The number of carboxylic acid groups (broad SMARTS) is 1. The van der Waals surface area contributed by atoms with E-state index in [4.69, 9.17) is 9.47 Å². The molecule has 2 N–H and O–H groups in total. The number of carbonyl (C=O) groups is 2. The van der Waals surface area contributed by atoms with Gasteiger partial charge in [0, 0.05) is 5.56 Å². The van der Waals surface area contributed by atoms with E-state index in [2.05, 4.69) is 5.32 Å². The van der Waals surface area contributed by atoms with E-state index in [1.54, 1.807) is 18.2 Å². The first-order chi connectivity index (χ1) is 11.5. The summed E-state index contributed by atoms with van der Waals surface area (Å²) >= 11 is 0. The van der Waals surface area contributed by atoms with Gasteiger partial charge >= 0.3 is 5.97 Å². The van der Waals surface area contributed by atoms with Crippen LogP contribution in [0.3, 0.4) is 0 Å². The van der Waals surface area contributed by atoms with E-state index >= 15 is 0 Å². The van der Waals surface area contributed by atoms with Gasteiger partial charge in [-0.05, 0) is 38.0 Å². The normalized spacial score (nSPS) is 16.8. The van der Waals surface area contributed by atoms with Gasteiger partial charge in [0.1, 0.15) is 5.54 Å². The van der Waals surface area contributed by atoms with Gasteiger partial charge in [-0.25, -0.2) is 4.79 Å². The Hall–Kier alpha value is -2.24. The van der Waals surface area contributed by atoms with Crippen LogP contribution in [0.2, 0.25) is 0 Å². The highest BCUT2D eigenvalue weighted by molar-refractivity contribution is 5.98. The summed E-state index contributed by atoms with van der Waals surface area (Å²) in [6.45, 7) is 2.35. The molecule has 1 aliphatic rings. The molecule has 0 radical (unpaired) electrons. The number of carbonyl (C=O) groups excluding carboxylic acids is 1. The van der Waals surface area contributed by atoms with Crippen LogP contribution in [-0.4, -0.2) is 36.2 Å². The van der Waals surface area contributed by atoms with Crippen molar-refractivity contribution in [1.82, 2.24) is 5.32 Å². The van der Waals surface area contributed by atoms with Gasteiger partial charge in [-0.2, -0.15) is 0 Å². The Labute approximate surface area is 142 Å². The quantitative estimate of drug-likeness (QED) is 0.781. The highest BCUT2D eigenvalue weighted by Crippen LogP contribution is 2.30. The summed E-state index contributed by atoms with van der Waals surface area (Å²) in [5.74, 6) is -0.356. The Bertz CT molecular complexity index is 591. The van der Waals surface area contributed by atoms with Gasteiger partial charge in [-0.3, -0.25) is 4.79 Å². The third-order valence-corrected chi connectivity index (χ3v) is 4.44. The van der Waals surface area contributed by atoms with Gasteiger partial charge in [0.15, 0.2) is 11.5 Å². The minimum atomic E-state index is -1.18. The fraction of sp³-hybridized carbons (Fsp3) is 0.556. The highest BCUT2D eigenvalue weighted by Gasteiger charge is 2.40. The smallest absolute Gasteiger partial charge is 0.329 e. The second kappa shape index (κ2) is 8.04. The van der Waals surface area contributed by atoms with E-state index in [-0.39, 0.29) is 0 Å². The third-order valence-electron chi connectivity index (χ3n) is 4.44. The van der Waals surface area contributed by atoms with Crippen LogP contribution < -0.4 is 14.8 Å². The predicted octanol–water partition coefficient (Wildman–Crippen LogP) is 3.00. The van der Waals surface area contributed by atoms with E-state index in [9.17, 15) is 14.7 Å². The maximum Gasteiger partial charge on any atom is 0.329 e. The summed E-state index contributed by atoms with van der Waals surface area (Å²) in [6, 6.07) is 4.86. The zero-order valence-electron chi connectivity index (χ0n) is 14.3. The third kappa shape index (κ3) is 3.99. The Morgan fingerprint density at radius 3 is 2.38 bits per heavy atom. The second-order valence-electron chi connectivity index (χ2n) is 6.05. The van der Waals surface area contributed by atoms with Gasteiger partial charge in [-0.1, -0.05) is 25.7 Å². The molecule has 0 aliphatic heterocycles. The molecule has 1 aromatic carbocycles. The fourth-order valence-electron chi connectivity index (χ4n) is 3.10. The zero-order chi connectivity index (χ0) is 17.6. The number of rotatable bonds is 6. The van der Waals surface area contributed by atoms with E-state index in [1.165, 1.54) is 7.11 Å². The number of carboxylic acids is 1. The molecular weight excluding hydrogens is 310 g/mol. The molecule has 24 heavy (non-hydrogen) atoms. The van der Waals surface area contributed by atoms with Crippen molar-refractivity contribution < 1.29 is 24.2 Å². The van der Waals surface area contributed by atoms with Gasteiger partial charge < -0.3 is 19.9 Å². The Kier molecular flexibility index (Phi) is 6.06. The van der Waals surface area contributed by atoms with Gasteiger partial charge in [0.05, 0.1) is 13.7 Å². The van der Waals surface area contributed by atoms with Crippen LogP contribution in [-0.2, 0) is 4.79 Å². The molecule has 1 saturated carbocycles.